The molecule has 0 aromatic heterocycles. The zero-order valence-corrected chi connectivity index (χ0v) is 21.9. The van der Waals surface area contributed by atoms with Crippen LogP contribution in [0.25, 0.3) is 0 Å². The van der Waals surface area contributed by atoms with Crippen LogP contribution in [0.4, 0.5) is 0 Å². The van der Waals surface area contributed by atoms with Gasteiger partial charge in [0.15, 0.2) is 0 Å². The Morgan fingerprint density at radius 1 is 0.545 bits per heavy atom. The lowest BCUT2D eigenvalue weighted by Crippen LogP contribution is -2.36. The van der Waals surface area contributed by atoms with Crippen LogP contribution in [0.3, 0.4) is 0 Å². The van der Waals surface area contributed by atoms with E-state index in [1.165, 1.54) is 12.8 Å². The van der Waals surface area contributed by atoms with Crippen LogP contribution in [0.1, 0.15) is 39.5 Å². The summed E-state index contributed by atoms with van der Waals surface area (Å²) in [5.41, 5.74) is 0. The summed E-state index contributed by atoms with van der Waals surface area (Å²) in [6.07, 6.45) is 4.72. The van der Waals surface area contributed by atoms with Gasteiger partial charge in [0.25, 0.3) is 0 Å². The van der Waals surface area contributed by atoms with E-state index in [2.05, 4.69) is 13.8 Å². The molecule has 0 fully saturated rings. The van der Waals surface area contributed by atoms with Gasteiger partial charge in [0.1, 0.15) is 17.2 Å². The Balaban J connectivity index is 0.000000299. The Bertz CT molecular complexity index is 717. The van der Waals surface area contributed by atoms with Crippen molar-refractivity contribution in [1.82, 2.24) is 0 Å². The molecule has 3 aromatic carbocycles. The summed E-state index contributed by atoms with van der Waals surface area (Å²) in [5, 5.41) is 0. The fourth-order valence-electron chi connectivity index (χ4n) is 2.50. The van der Waals surface area contributed by atoms with Crippen LogP contribution in [-0.2, 0) is 7.58 Å². The number of unbranched alkanes of at least 4 members (excludes halogenated alkanes) is 2. The standard InChI is InChI=1S/C18H16O3Si.2C4H9O.Al/c1-4-10-16(11-5-1)19-22(20-17-12-6-2-7-13-17)21-18-14-8-3-9-15-18;2*1-2-3-4-5;/h1-15,22H;2*2-4H2,1H3;/q;2*-1;+2. The highest BCUT2D eigenvalue weighted by atomic mass is 28.3. The SMILES string of the molecule is CCCC[O][Al][O]CCCC.c1ccc(O[SiH](Oc2ccccc2)Oc2ccccc2)cc1. The lowest BCUT2D eigenvalue weighted by molar-refractivity contribution is 0.216. The monoisotopic (exact) mass is 481 g/mol. The number of para-hydroxylation sites is 3. The average molecular weight is 482 g/mol. The third kappa shape index (κ3) is 13.1. The van der Waals surface area contributed by atoms with Crippen molar-refractivity contribution in [1.29, 1.82) is 0 Å². The minimum atomic E-state index is -2.41. The number of benzene rings is 3. The smallest absolute Gasteiger partial charge is 0.486 e. The topological polar surface area (TPSA) is 46.2 Å². The van der Waals surface area contributed by atoms with Crippen LogP contribution in [0.15, 0.2) is 91.0 Å². The van der Waals surface area contributed by atoms with E-state index in [-0.39, 0.29) is 15.9 Å². The maximum Gasteiger partial charge on any atom is 0.683 e. The molecule has 0 aliphatic rings. The molecule has 33 heavy (non-hydrogen) atoms. The van der Waals surface area contributed by atoms with Gasteiger partial charge in [-0.05, 0) is 49.2 Å². The fraction of sp³-hybridized carbons (Fsp3) is 0.308. The van der Waals surface area contributed by atoms with E-state index in [9.17, 15) is 0 Å². The lowest BCUT2D eigenvalue weighted by atomic mass is 10.3. The summed E-state index contributed by atoms with van der Waals surface area (Å²) < 4.78 is 28.3. The van der Waals surface area contributed by atoms with Crippen LogP contribution in [0.5, 0.6) is 17.2 Å². The van der Waals surface area contributed by atoms with Gasteiger partial charge in [-0.3, -0.25) is 0 Å². The molecule has 0 aliphatic carbocycles. The molecule has 5 nitrogen and oxygen atoms in total. The Kier molecular flexibility index (Phi) is 14.9. The van der Waals surface area contributed by atoms with Gasteiger partial charge in [-0.15, -0.1) is 0 Å². The molecule has 0 bridgehead atoms. The number of hydrogen-bond donors (Lipinski definition) is 0. The van der Waals surface area contributed by atoms with Crippen LogP contribution in [0, 0.1) is 0 Å². The third-order valence-electron chi connectivity index (χ3n) is 4.29. The van der Waals surface area contributed by atoms with Gasteiger partial charge in [0, 0.05) is 13.2 Å². The molecule has 0 saturated carbocycles. The normalized spacial score (nSPS) is 10.2. The Morgan fingerprint density at radius 3 is 1.18 bits per heavy atom. The van der Waals surface area contributed by atoms with Crippen molar-refractivity contribution in [3.8, 4) is 17.2 Å². The number of hydrogen-bond acceptors (Lipinski definition) is 5. The first-order chi connectivity index (χ1) is 16.3. The van der Waals surface area contributed by atoms with Gasteiger partial charge in [0.05, 0.1) is 0 Å². The van der Waals surface area contributed by atoms with E-state index in [1.807, 2.05) is 91.0 Å². The molecule has 0 heterocycles. The summed E-state index contributed by atoms with van der Waals surface area (Å²) in [6.45, 7) is 6.07. The molecule has 3 rings (SSSR count). The van der Waals surface area contributed by atoms with Crippen LogP contribution in [0.2, 0.25) is 0 Å². The van der Waals surface area contributed by atoms with Crippen molar-refractivity contribution >= 4 is 25.4 Å². The molecule has 0 unspecified atom stereocenters. The molecule has 0 atom stereocenters. The summed E-state index contributed by atoms with van der Waals surface area (Å²) >= 11 is -0.189. The molecule has 0 aliphatic heterocycles. The average Bonchev–Trinajstić information content (AvgIpc) is 2.86. The maximum atomic E-state index is 5.92. The zero-order valence-electron chi connectivity index (χ0n) is 19.6. The minimum Gasteiger partial charge on any atom is -0.486 e. The highest BCUT2D eigenvalue weighted by Crippen LogP contribution is 2.17. The molecule has 3 aromatic rings. The summed E-state index contributed by atoms with van der Waals surface area (Å²) in [7, 11) is -2.41. The van der Waals surface area contributed by atoms with Crippen molar-refractivity contribution in [2.45, 2.75) is 39.5 Å². The van der Waals surface area contributed by atoms with Gasteiger partial charge in [-0.1, -0.05) is 81.3 Å². The Labute approximate surface area is 207 Å². The predicted octanol–water partition coefficient (Wildman–Crippen LogP) is 6.09. The predicted molar refractivity (Wildman–Crippen MR) is 136 cm³/mol. The highest BCUT2D eigenvalue weighted by Gasteiger charge is 2.22. The maximum absolute atomic E-state index is 5.92. The third-order valence-corrected chi connectivity index (χ3v) is 6.43. The van der Waals surface area contributed by atoms with Gasteiger partial charge >= 0.3 is 25.4 Å². The van der Waals surface area contributed by atoms with E-state index < -0.39 is 9.53 Å². The van der Waals surface area contributed by atoms with Crippen LogP contribution in [-0.4, -0.2) is 38.6 Å². The Morgan fingerprint density at radius 2 is 0.879 bits per heavy atom. The zero-order chi connectivity index (χ0) is 23.4. The quantitative estimate of drug-likeness (QED) is 0.206. The van der Waals surface area contributed by atoms with Gasteiger partial charge in [-0.25, -0.2) is 0 Å². The number of rotatable bonds is 14. The second kappa shape index (κ2) is 18.2. The Hall–Kier alpha value is -2.27. The lowest BCUT2D eigenvalue weighted by Gasteiger charge is -2.19. The van der Waals surface area contributed by atoms with Gasteiger partial charge in [-0.2, -0.15) is 0 Å². The van der Waals surface area contributed by atoms with E-state index in [1.54, 1.807) is 0 Å². The first kappa shape index (κ1) is 27.0. The van der Waals surface area contributed by atoms with Crippen LogP contribution < -0.4 is 13.3 Å². The first-order valence-electron chi connectivity index (χ1n) is 11.5. The van der Waals surface area contributed by atoms with Crippen molar-refractivity contribution in [3.05, 3.63) is 91.0 Å². The van der Waals surface area contributed by atoms with Crippen LogP contribution >= 0.6 is 0 Å². The highest BCUT2D eigenvalue weighted by molar-refractivity contribution is 6.39. The van der Waals surface area contributed by atoms with Crippen molar-refractivity contribution in [2.24, 2.45) is 0 Å². The van der Waals surface area contributed by atoms with E-state index in [4.69, 9.17) is 20.9 Å². The molecular formula is C26H34AlO5Si. The largest absolute Gasteiger partial charge is 0.683 e. The molecule has 1 radical (unpaired) electrons. The second-order valence-corrected chi connectivity index (χ2v) is 9.27. The van der Waals surface area contributed by atoms with Crippen molar-refractivity contribution in [3.63, 3.8) is 0 Å². The van der Waals surface area contributed by atoms with Crippen molar-refractivity contribution in [2.75, 3.05) is 13.2 Å². The van der Waals surface area contributed by atoms with E-state index in [0.29, 0.717) is 0 Å². The molecular weight excluding hydrogens is 447 g/mol. The molecule has 0 amide bonds. The minimum absolute atomic E-state index is 0.189. The van der Waals surface area contributed by atoms with E-state index >= 15 is 0 Å². The molecule has 0 spiro atoms. The van der Waals surface area contributed by atoms with E-state index in [0.717, 1.165) is 43.3 Å². The van der Waals surface area contributed by atoms with Gasteiger partial charge in [0.2, 0.25) is 0 Å². The van der Waals surface area contributed by atoms with Gasteiger partial charge < -0.3 is 20.9 Å². The molecule has 7 heteroatoms. The molecule has 175 valence electrons. The molecule has 0 saturated heterocycles. The summed E-state index contributed by atoms with van der Waals surface area (Å²) in [6, 6.07) is 28.7. The second-order valence-electron chi connectivity index (χ2n) is 7.13. The summed E-state index contributed by atoms with van der Waals surface area (Å²) in [5.74, 6) is 2.23. The van der Waals surface area contributed by atoms with Crippen molar-refractivity contribution < 1.29 is 20.9 Å². The molecule has 0 N–H and O–H groups in total. The first-order valence-corrected chi connectivity index (χ1v) is 13.9. The fourth-order valence-corrected chi connectivity index (χ4v) is 4.41. The summed E-state index contributed by atoms with van der Waals surface area (Å²) in [4.78, 5) is 0.